The summed E-state index contributed by atoms with van der Waals surface area (Å²) in [6, 6.07) is 2.72. The van der Waals surface area contributed by atoms with Gasteiger partial charge in [0.15, 0.2) is 0 Å². The van der Waals surface area contributed by atoms with Gasteiger partial charge >= 0.3 is 6.18 Å². The zero-order valence-electron chi connectivity index (χ0n) is 11.0. The van der Waals surface area contributed by atoms with Gasteiger partial charge in [0.25, 0.3) is 0 Å². The summed E-state index contributed by atoms with van der Waals surface area (Å²) in [5.41, 5.74) is 6.11. The molecule has 2 rings (SSSR count). The summed E-state index contributed by atoms with van der Waals surface area (Å²) < 4.78 is 43.2. The molecular weight excluding hydrogens is 271 g/mol. The Morgan fingerprint density at radius 2 is 2.10 bits per heavy atom. The number of halogens is 3. The maximum Gasteiger partial charge on any atom is 0.433 e. The molecule has 0 spiro atoms. The number of nitrogen functional groups attached to an aromatic ring is 1. The summed E-state index contributed by atoms with van der Waals surface area (Å²) in [6.07, 6.45) is -1.93. The van der Waals surface area contributed by atoms with Crippen molar-refractivity contribution in [3.8, 4) is 0 Å². The van der Waals surface area contributed by atoms with Crippen LogP contribution in [0.1, 0.15) is 17.0 Å². The molecule has 0 atom stereocenters. The van der Waals surface area contributed by atoms with Crippen molar-refractivity contribution in [2.24, 2.45) is 0 Å². The number of pyridine rings is 1. The quantitative estimate of drug-likeness (QED) is 0.940. The largest absolute Gasteiger partial charge is 0.469 e. The number of hydrogen-bond acceptors (Lipinski definition) is 4. The van der Waals surface area contributed by atoms with E-state index in [9.17, 15) is 13.2 Å². The minimum atomic E-state index is -4.49. The Bertz CT molecular complexity index is 607. The molecule has 0 fully saturated rings. The second kappa shape index (κ2) is 5.07. The lowest BCUT2D eigenvalue weighted by atomic mass is 10.2. The molecule has 0 unspecified atom stereocenters. The lowest BCUT2D eigenvalue weighted by Gasteiger charge is -2.21. The van der Waals surface area contributed by atoms with E-state index in [4.69, 9.17) is 10.2 Å². The fourth-order valence-electron chi connectivity index (χ4n) is 1.86. The molecular formula is C13H14F3N3O. The van der Waals surface area contributed by atoms with Gasteiger partial charge in [0.1, 0.15) is 11.5 Å². The Labute approximate surface area is 114 Å². The maximum atomic E-state index is 12.7. The number of nitrogens with two attached hydrogens (primary N) is 1. The number of furan rings is 1. The minimum absolute atomic E-state index is 0.196. The molecule has 7 heteroatoms. The van der Waals surface area contributed by atoms with Crippen LogP contribution in [0, 0.1) is 6.92 Å². The molecule has 2 heterocycles. The second-order valence-electron chi connectivity index (χ2n) is 4.48. The van der Waals surface area contributed by atoms with Gasteiger partial charge in [-0.25, -0.2) is 4.98 Å². The molecule has 0 aliphatic rings. The average Bonchev–Trinajstić information content (AvgIpc) is 2.74. The van der Waals surface area contributed by atoms with E-state index in [1.807, 2.05) is 0 Å². The molecule has 0 saturated heterocycles. The number of aryl methyl sites for hydroxylation is 1. The highest BCUT2D eigenvalue weighted by Gasteiger charge is 2.33. The predicted octanol–water partition coefficient (Wildman–Crippen LogP) is 3.22. The lowest BCUT2D eigenvalue weighted by molar-refractivity contribution is -0.141. The monoisotopic (exact) mass is 285 g/mol. The third-order valence-corrected chi connectivity index (χ3v) is 2.99. The highest BCUT2D eigenvalue weighted by Crippen LogP contribution is 2.32. The lowest BCUT2D eigenvalue weighted by Crippen LogP contribution is -2.19. The summed E-state index contributed by atoms with van der Waals surface area (Å²) in [5, 5.41) is 0. The minimum Gasteiger partial charge on any atom is -0.469 e. The molecule has 0 amide bonds. The van der Waals surface area contributed by atoms with Crippen molar-refractivity contribution in [3.05, 3.63) is 41.6 Å². The Kier molecular flexibility index (Phi) is 3.61. The van der Waals surface area contributed by atoms with Gasteiger partial charge in [0.05, 0.1) is 23.8 Å². The van der Waals surface area contributed by atoms with E-state index >= 15 is 0 Å². The van der Waals surface area contributed by atoms with Crippen LogP contribution in [0.25, 0.3) is 0 Å². The van der Waals surface area contributed by atoms with E-state index in [2.05, 4.69) is 4.98 Å². The summed E-state index contributed by atoms with van der Waals surface area (Å²) in [6.45, 7) is 2.19. The van der Waals surface area contributed by atoms with Gasteiger partial charge in [0, 0.05) is 19.2 Å². The zero-order chi connectivity index (χ0) is 14.9. The van der Waals surface area contributed by atoms with Gasteiger partial charge in [-0.2, -0.15) is 13.2 Å². The van der Waals surface area contributed by atoms with E-state index < -0.39 is 11.9 Å². The number of alkyl halides is 3. The number of nitrogens with zero attached hydrogens (tertiary/aromatic N) is 2. The van der Waals surface area contributed by atoms with Crippen LogP contribution in [0.4, 0.5) is 24.5 Å². The maximum absolute atomic E-state index is 12.7. The van der Waals surface area contributed by atoms with Crippen LogP contribution in [0.2, 0.25) is 0 Å². The summed E-state index contributed by atoms with van der Waals surface area (Å²) in [5.74, 6) is 0.723. The van der Waals surface area contributed by atoms with Crippen LogP contribution in [-0.2, 0) is 12.7 Å². The average molecular weight is 285 g/mol. The first-order valence-electron chi connectivity index (χ1n) is 5.86. The molecule has 4 nitrogen and oxygen atoms in total. The number of aromatic nitrogens is 1. The Morgan fingerprint density at radius 1 is 1.40 bits per heavy atom. The van der Waals surface area contributed by atoms with Crippen molar-refractivity contribution in [2.45, 2.75) is 19.6 Å². The van der Waals surface area contributed by atoms with Crippen molar-refractivity contribution in [2.75, 3.05) is 17.7 Å². The Morgan fingerprint density at radius 3 is 2.65 bits per heavy atom. The number of anilines is 2. The fraction of sp³-hybridized carbons (Fsp3) is 0.308. The summed E-state index contributed by atoms with van der Waals surface area (Å²) in [4.78, 5) is 4.94. The van der Waals surface area contributed by atoms with Gasteiger partial charge in [-0.15, -0.1) is 0 Å². The molecule has 20 heavy (non-hydrogen) atoms. The molecule has 2 aromatic rings. The fourth-order valence-corrected chi connectivity index (χ4v) is 1.86. The number of rotatable bonds is 3. The van der Waals surface area contributed by atoms with Crippen LogP contribution < -0.4 is 10.6 Å². The van der Waals surface area contributed by atoms with Crippen LogP contribution in [0.5, 0.6) is 0 Å². The summed E-state index contributed by atoms with van der Waals surface area (Å²) in [7, 11) is 1.66. The van der Waals surface area contributed by atoms with Gasteiger partial charge in [-0.05, 0) is 19.1 Å². The van der Waals surface area contributed by atoms with E-state index in [1.54, 1.807) is 24.9 Å². The van der Waals surface area contributed by atoms with Gasteiger partial charge in [-0.1, -0.05) is 0 Å². The highest BCUT2D eigenvalue weighted by molar-refractivity contribution is 5.66. The van der Waals surface area contributed by atoms with E-state index in [0.29, 0.717) is 6.54 Å². The molecule has 0 bridgehead atoms. The molecule has 0 aliphatic heterocycles. The van der Waals surface area contributed by atoms with Crippen molar-refractivity contribution >= 4 is 11.4 Å². The van der Waals surface area contributed by atoms with Crippen LogP contribution in [0.15, 0.2) is 29.0 Å². The van der Waals surface area contributed by atoms with E-state index in [-0.39, 0.29) is 11.4 Å². The predicted molar refractivity (Wildman–Crippen MR) is 69.2 cm³/mol. The van der Waals surface area contributed by atoms with E-state index in [0.717, 1.165) is 23.6 Å². The first-order chi connectivity index (χ1) is 9.29. The number of hydrogen-bond donors (Lipinski definition) is 1. The molecule has 108 valence electrons. The van der Waals surface area contributed by atoms with Crippen molar-refractivity contribution in [1.29, 1.82) is 0 Å². The second-order valence-corrected chi connectivity index (χ2v) is 4.48. The highest BCUT2D eigenvalue weighted by atomic mass is 19.4. The van der Waals surface area contributed by atoms with Gasteiger partial charge < -0.3 is 15.1 Å². The molecule has 0 aliphatic carbocycles. The van der Waals surface area contributed by atoms with Gasteiger partial charge in [0.2, 0.25) is 0 Å². The molecule has 2 N–H and O–H groups in total. The smallest absolute Gasteiger partial charge is 0.433 e. The first-order valence-corrected chi connectivity index (χ1v) is 5.86. The van der Waals surface area contributed by atoms with Crippen molar-refractivity contribution < 1.29 is 17.6 Å². The normalized spacial score (nSPS) is 11.7. The van der Waals surface area contributed by atoms with Crippen LogP contribution in [-0.4, -0.2) is 12.0 Å². The molecule has 2 aromatic heterocycles. The zero-order valence-corrected chi connectivity index (χ0v) is 11.0. The first kappa shape index (κ1) is 14.2. The standard InChI is InChI=1S/C13H14F3N3O/c1-8-9(3-4-20-8)7-19(2)11-5-12(13(14,15)16)18-6-10(11)17/h3-6H,7,17H2,1-2H3. The molecule has 0 aromatic carbocycles. The third-order valence-electron chi connectivity index (χ3n) is 2.99. The molecule has 0 saturated carbocycles. The van der Waals surface area contributed by atoms with E-state index in [1.165, 1.54) is 6.26 Å². The topological polar surface area (TPSA) is 55.3 Å². The Hall–Kier alpha value is -2.18. The third kappa shape index (κ3) is 2.87. The molecule has 0 radical (unpaired) electrons. The summed E-state index contributed by atoms with van der Waals surface area (Å²) >= 11 is 0. The van der Waals surface area contributed by atoms with Crippen molar-refractivity contribution in [3.63, 3.8) is 0 Å². The Balaban J connectivity index is 2.29. The van der Waals surface area contributed by atoms with Crippen molar-refractivity contribution in [1.82, 2.24) is 4.98 Å². The van der Waals surface area contributed by atoms with Crippen LogP contribution >= 0.6 is 0 Å². The SMILES string of the molecule is Cc1occc1CN(C)c1cc(C(F)(F)F)ncc1N. The van der Waals surface area contributed by atoms with Crippen LogP contribution in [0.3, 0.4) is 0 Å². The van der Waals surface area contributed by atoms with Gasteiger partial charge in [-0.3, -0.25) is 0 Å².